The highest BCUT2D eigenvalue weighted by molar-refractivity contribution is 7.82. The maximum Gasteiger partial charge on any atom is 0.322 e. The first-order chi connectivity index (χ1) is 16.8. The van der Waals surface area contributed by atoms with Gasteiger partial charge in [-0.15, -0.1) is 0 Å². The van der Waals surface area contributed by atoms with Gasteiger partial charge in [0, 0.05) is 24.7 Å². The summed E-state index contributed by atoms with van der Waals surface area (Å²) in [5.74, 6) is 0.983. The maximum absolute atomic E-state index is 14.1. The van der Waals surface area contributed by atoms with Crippen LogP contribution in [-0.2, 0) is 19.2 Å². The Morgan fingerprint density at radius 1 is 1.11 bits per heavy atom. The SMILES string of the molecule is CCC1C(=O)C2C3CCC(C(C)CC(C)(S)C(=O)NCC(=O)O)C3(C)CCC2C2(C)CCC(=O)CC12. The molecule has 4 saturated carbocycles. The second-order valence-electron chi connectivity index (χ2n) is 13.3. The quantitative estimate of drug-likeness (QED) is 0.414. The second kappa shape index (κ2) is 9.74. The Morgan fingerprint density at radius 2 is 1.78 bits per heavy atom. The Kier molecular flexibility index (Phi) is 7.48. The Balaban J connectivity index is 1.55. The van der Waals surface area contributed by atoms with E-state index in [4.69, 9.17) is 5.11 Å². The van der Waals surface area contributed by atoms with Gasteiger partial charge in [-0.3, -0.25) is 19.2 Å². The summed E-state index contributed by atoms with van der Waals surface area (Å²) in [6.07, 6.45) is 7.78. The molecule has 4 aliphatic rings. The number of carbonyl (C=O) groups is 4. The summed E-state index contributed by atoms with van der Waals surface area (Å²) in [4.78, 5) is 50.0. The van der Waals surface area contributed by atoms with Crippen LogP contribution < -0.4 is 5.32 Å². The van der Waals surface area contributed by atoms with Crippen LogP contribution in [0.1, 0.15) is 92.4 Å². The largest absolute Gasteiger partial charge is 0.480 e. The number of carboxylic acid groups (broad SMARTS) is 1. The Labute approximate surface area is 221 Å². The average Bonchev–Trinajstić information content (AvgIpc) is 3.15. The highest BCUT2D eigenvalue weighted by Gasteiger charge is 2.65. The lowest BCUT2D eigenvalue weighted by atomic mass is 9.42. The van der Waals surface area contributed by atoms with Gasteiger partial charge in [-0.05, 0) is 92.3 Å². The number of thiol groups is 1. The molecule has 1 amide bonds. The lowest BCUT2D eigenvalue weighted by Crippen LogP contribution is -2.60. The summed E-state index contributed by atoms with van der Waals surface area (Å²) >= 11 is 4.66. The Bertz CT molecular complexity index is 933. The minimum atomic E-state index is -1.07. The molecule has 6 nitrogen and oxygen atoms in total. The number of amides is 1. The highest BCUT2D eigenvalue weighted by Crippen LogP contribution is 2.68. The van der Waals surface area contributed by atoms with Crippen molar-refractivity contribution in [3.05, 3.63) is 0 Å². The molecule has 0 spiro atoms. The molecule has 7 heteroatoms. The van der Waals surface area contributed by atoms with Crippen LogP contribution >= 0.6 is 12.6 Å². The number of carboxylic acids is 1. The van der Waals surface area contributed by atoms with E-state index in [2.05, 4.69) is 45.6 Å². The van der Waals surface area contributed by atoms with Crippen molar-refractivity contribution in [1.29, 1.82) is 0 Å². The van der Waals surface area contributed by atoms with Gasteiger partial charge < -0.3 is 10.4 Å². The van der Waals surface area contributed by atoms with Gasteiger partial charge in [0.25, 0.3) is 0 Å². The van der Waals surface area contributed by atoms with Gasteiger partial charge in [0.15, 0.2) is 0 Å². The maximum atomic E-state index is 14.1. The molecular weight excluding hydrogens is 474 g/mol. The number of aliphatic carboxylic acids is 1. The Morgan fingerprint density at radius 3 is 2.42 bits per heavy atom. The van der Waals surface area contributed by atoms with Crippen molar-refractivity contribution in [3.8, 4) is 0 Å². The molecule has 0 saturated heterocycles. The van der Waals surface area contributed by atoms with Gasteiger partial charge in [0.2, 0.25) is 5.91 Å². The van der Waals surface area contributed by atoms with E-state index in [9.17, 15) is 19.2 Å². The zero-order chi connectivity index (χ0) is 26.6. The summed E-state index contributed by atoms with van der Waals surface area (Å²) < 4.78 is -0.955. The van der Waals surface area contributed by atoms with Crippen LogP contribution in [0.3, 0.4) is 0 Å². The number of fused-ring (bicyclic) bond motifs is 5. The zero-order valence-electron chi connectivity index (χ0n) is 22.6. The molecule has 0 bridgehead atoms. The second-order valence-corrected chi connectivity index (χ2v) is 14.3. The van der Waals surface area contributed by atoms with Crippen molar-refractivity contribution >= 4 is 36.1 Å². The van der Waals surface area contributed by atoms with E-state index in [1.54, 1.807) is 6.92 Å². The van der Waals surface area contributed by atoms with Crippen molar-refractivity contribution in [2.45, 2.75) is 97.2 Å². The van der Waals surface area contributed by atoms with Crippen molar-refractivity contribution in [3.63, 3.8) is 0 Å². The molecule has 2 N–H and O–H groups in total. The molecule has 0 aliphatic heterocycles. The van der Waals surface area contributed by atoms with Gasteiger partial charge >= 0.3 is 5.97 Å². The van der Waals surface area contributed by atoms with Gasteiger partial charge in [0.05, 0.1) is 4.75 Å². The number of Topliss-reactive ketones (excluding diaryl/α,β-unsaturated/α-hetero) is 2. The third-order valence-corrected chi connectivity index (χ3v) is 11.7. The van der Waals surface area contributed by atoms with Gasteiger partial charge in [-0.25, -0.2) is 0 Å². The standard InChI is InChI=1S/C29H45NO5S/c1-6-18-22-13-17(31)9-11-28(22,4)21-10-12-27(3)19(7-8-20(27)24(21)25(18)34)16(2)14-29(5,36)26(35)30-15-23(32)33/h16,18-22,24,36H,6-15H2,1-5H3,(H,30,35)(H,32,33). The van der Waals surface area contributed by atoms with E-state index in [-0.39, 0.29) is 40.4 Å². The number of carbonyl (C=O) groups excluding carboxylic acids is 3. The number of hydrogen-bond acceptors (Lipinski definition) is 5. The highest BCUT2D eigenvalue weighted by atomic mass is 32.1. The predicted molar refractivity (Wildman–Crippen MR) is 142 cm³/mol. The first kappa shape index (κ1) is 27.7. The van der Waals surface area contributed by atoms with E-state index >= 15 is 0 Å². The molecule has 36 heavy (non-hydrogen) atoms. The molecule has 4 rings (SSSR count). The van der Waals surface area contributed by atoms with Crippen LogP contribution in [0.15, 0.2) is 0 Å². The summed E-state index contributed by atoms with van der Waals surface area (Å²) in [7, 11) is 0. The monoisotopic (exact) mass is 519 g/mol. The van der Waals surface area contributed by atoms with Crippen molar-refractivity contribution < 1.29 is 24.3 Å². The number of hydrogen-bond donors (Lipinski definition) is 3. The third-order valence-electron chi connectivity index (χ3n) is 11.3. The molecule has 4 aliphatic carbocycles. The molecule has 0 aromatic heterocycles. The molecular formula is C29H45NO5S. The summed E-state index contributed by atoms with van der Waals surface area (Å²) in [6.45, 7) is 10.5. The lowest BCUT2D eigenvalue weighted by molar-refractivity contribution is -0.170. The van der Waals surface area contributed by atoms with Gasteiger partial charge in [0.1, 0.15) is 18.1 Å². The summed E-state index contributed by atoms with van der Waals surface area (Å²) in [5, 5.41) is 11.4. The van der Waals surface area contributed by atoms with Crippen LogP contribution in [-0.4, -0.2) is 39.8 Å². The average molecular weight is 520 g/mol. The zero-order valence-corrected chi connectivity index (χ0v) is 23.5. The van der Waals surface area contributed by atoms with Crippen LogP contribution in [0.25, 0.3) is 0 Å². The van der Waals surface area contributed by atoms with Crippen LogP contribution in [0.2, 0.25) is 0 Å². The normalized spacial score (nSPS) is 42.5. The molecule has 0 aromatic carbocycles. The van der Waals surface area contributed by atoms with Gasteiger partial charge in [-0.2, -0.15) is 12.6 Å². The molecule has 10 unspecified atom stereocenters. The first-order valence-corrected chi connectivity index (χ1v) is 14.5. The Hall–Kier alpha value is -1.37. The summed E-state index contributed by atoms with van der Waals surface area (Å²) in [5.41, 5.74) is 0.119. The lowest BCUT2D eigenvalue weighted by Gasteiger charge is -2.61. The fourth-order valence-corrected chi connectivity index (χ4v) is 9.99. The fourth-order valence-electron chi connectivity index (χ4n) is 9.63. The van der Waals surface area contributed by atoms with Crippen molar-refractivity contribution in [1.82, 2.24) is 5.32 Å². The molecule has 0 heterocycles. The number of nitrogens with one attached hydrogen (secondary N) is 1. The van der Waals surface area contributed by atoms with Crippen molar-refractivity contribution in [2.75, 3.05) is 6.54 Å². The molecule has 202 valence electrons. The number of rotatable bonds is 7. The minimum Gasteiger partial charge on any atom is -0.480 e. The van der Waals surface area contributed by atoms with E-state index in [1.165, 1.54) is 0 Å². The van der Waals surface area contributed by atoms with Crippen LogP contribution in [0.4, 0.5) is 0 Å². The van der Waals surface area contributed by atoms with Crippen LogP contribution in [0.5, 0.6) is 0 Å². The van der Waals surface area contributed by atoms with E-state index in [0.29, 0.717) is 48.6 Å². The van der Waals surface area contributed by atoms with E-state index in [1.807, 2.05) is 0 Å². The molecule has 10 atom stereocenters. The molecule has 4 fully saturated rings. The van der Waals surface area contributed by atoms with E-state index < -0.39 is 17.3 Å². The summed E-state index contributed by atoms with van der Waals surface area (Å²) in [6, 6.07) is 0. The van der Waals surface area contributed by atoms with Crippen LogP contribution in [0, 0.1) is 52.3 Å². The topological polar surface area (TPSA) is 101 Å². The molecule has 0 aromatic rings. The smallest absolute Gasteiger partial charge is 0.322 e. The first-order valence-electron chi connectivity index (χ1n) is 14.0. The molecule has 0 radical (unpaired) electrons. The third kappa shape index (κ3) is 4.45. The van der Waals surface area contributed by atoms with Crippen molar-refractivity contribution in [2.24, 2.45) is 52.3 Å². The van der Waals surface area contributed by atoms with Gasteiger partial charge in [-0.1, -0.05) is 27.7 Å². The fraction of sp³-hybridized carbons (Fsp3) is 0.862. The minimum absolute atomic E-state index is 0.00186. The van der Waals surface area contributed by atoms with E-state index in [0.717, 1.165) is 38.5 Å². The number of ketones is 2. The predicted octanol–water partition coefficient (Wildman–Crippen LogP) is 4.95.